The third-order valence-corrected chi connectivity index (χ3v) is 4.73. The van der Waals surface area contributed by atoms with E-state index >= 15 is 0 Å². The smallest absolute Gasteiger partial charge is 0.242 e. The Bertz CT molecular complexity index is 769. The van der Waals surface area contributed by atoms with E-state index in [-0.39, 0.29) is 11.8 Å². The Labute approximate surface area is 167 Å². The van der Waals surface area contributed by atoms with Crippen molar-refractivity contribution in [3.05, 3.63) is 65.2 Å². The summed E-state index contributed by atoms with van der Waals surface area (Å²) < 4.78 is 5.18. The van der Waals surface area contributed by atoms with E-state index in [0.717, 1.165) is 23.3 Å². The number of nitrogens with zero attached hydrogens (tertiary/aromatic N) is 1. The van der Waals surface area contributed by atoms with Crippen molar-refractivity contribution in [1.29, 1.82) is 0 Å². The molecule has 150 valence electrons. The molecule has 1 atom stereocenters. The van der Waals surface area contributed by atoms with Gasteiger partial charge in [0.2, 0.25) is 11.8 Å². The van der Waals surface area contributed by atoms with Crippen LogP contribution >= 0.6 is 0 Å². The molecule has 2 aromatic rings. The van der Waals surface area contributed by atoms with Crippen LogP contribution in [0.1, 0.15) is 43.4 Å². The maximum Gasteiger partial charge on any atom is 0.242 e. The molecule has 2 rings (SSSR count). The fourth-order valence-electron chi connectivity index (χ4n) is 2.91. The lowest BCUT2D eigenvalue weighted by atomic mass is 10.1. The van der Waals surface area contributed by atoms with Gasteiger partial charge in [-0.1, -0.05) is 48.9 Å². The average molecular weight is 383 g/mol. The summed E-state index contributed by atoms with van der Waals surface area (Å²) in [6.45, 7) is 6.61. The molecule has 0 radical (unpaired) electrons. The van der Waals surface area contributed by atoms with Gasteiger partial charge in [0.1, 0.15) is 11.8 Å². The minimum Gasteiger partial charge on any atom is -0.497 e. The van der Waals surface area contributed by atoms with Crippen LogP contribution in [0, 0.1) is 6.92 Å². The van der Waals surface area contributed by atoms with Crippen LogP contribution in [-0.2, 0) is 22.7 Å². The number of nitrogens with one attached hydrogen (secondary N) is 1. The van der Waals surface area contributed by atoms with Crippen LogP contribution in [0.5, 0.6) is 5.75 Å². The number of hydrogen-bond donors (Lipinski definition) is 1. The molecule has 0 spiro atoms. The van der Waals surface area contributed by atoms with Crippen LogP contribution in [0.3, 0.4) is 0 Å². The Hall–Kier alpha value is -2.82. The summed E-state index contributed by atoms with van der Waals surface area (Å²) in [4.78, 5) is 27.0. The Balaban J connectivity index is 2.06. The minimum absolute atomic E-state index is 0.0173. The molecule has 0 fully saturated rings. The molecule has 0 saturated heterocycles. The Morgan fingerprint density at radius 3 is 2.21 bits per heavy atom. The SMILES string of the molecule is CCCC(=O)N(Cc1ccc(OC)cc1)[C@@H](C)C(=O)NCc1ccc(C)cc1. The van der Waals surface area contributed by atoms with Gasteiger partial charge >= 0.3 is 0 Å². The molecule has 0 aliphatic rings. The van der Waals surface area contributed by atoms with Crippen molar-refractivity contribution >= 4 is 11.8 Å². The maximum absolute atomic E-state index is 12.7. The van der Waals surface area contributed by atoms with Crippen molar-refractivity contribution < 1.29 is 14.3 Å². The number of rotatable bonds is 9. The Kier molecular flexibility index (Phi) is 8.05. The second-order valence-corrected chi connectivity index (χ2v) is 7.00. The van der Waals surface area contributed by atoms with E-state index in [1.165, 1.54) is 5.56 Å². The van der Waals surface area contributed by atoms with E-state index in [2.05, 4.69) is 5.32 Å². The van der Waals surface area contributed by atoms with Crippen LogP contribution in [-0.4, -0.2) is 29.9 Å². The number of aryl methyl sites for hydroxylation is 1. The highest BCUT2D eigenvalue weighted by Gasteiger charge is 2.25. The Morgan fingerprint density at radius 2 is 1.64 bits per heavy atom. The van der Waals surface area contributed by atoms with Crippen molar-refractivity contribution in [1.82, 2.24) is 10.2 Å². The monoisotopic (exact) mass is 382 g/mol. The van der Waals surface area contributed by atoms with Gasteiger partial charge in [0.25, 0.3) is 0 Å². The Morgan fingerprint density at radius 1 is 1.04 bits per heavy atom. The van der Waals surface area contributed by atoms with E-state index in [4.69, 9.17) is 4.74 Å². The van der Waals surface area contributed by atoms with Gasteiger partial charge in [-0.15, -0.1) is 0 Å². The molecular weight excluding hydrogens is 352 g/mol. The molecule has 2 aromatic carbocycles. The summed E-state index contributed by atoms with van der Waals surface area (Å²) in [7, 11) is 1.62. The van der Waals surface area contributed by atoms with Gasteiger partial charge in [-0.25, -0.2) is 0 Å². The molecule has 2 amide bonds. The van der Waals surface area contributed by atoms with Gasteiger partial charge in [-0.3, -0.25) is 9.59 Å². The second-order valence-electron chi connectivity index (χ2n) is 7.00. The number of hydrogen-bond acceptors (Lipinski definition) is 3. The summed E-state index contributed by atoms with van der Waals surface area (Å²) in [6.07, 6.45) is 1.17. The number of amides is 2. The molecule has 5 heteroatoms. The molecule has 0 aliphatic carbocycles. The number of benzene rings is 2. The first-order valence-corrected chi connectivity index (χ1v) is 9.70. The van der Waals surface area contributed by atoms with Crippen molar-refractivity contribution in [3.8, 4) is 5.75 Å². The largest absolute Gasteiger partial charge is 0.497 e. The van der Waals surface area contributed by atoms with Crippen LogP contribution in [0.15, 0.2) is 48.5 Å². The molecule has 0 unspecified atom stereocenters. The first-order chi connectivity index (χ1) is 13.4. The third kappa shape index (κ3) is 6.12. The third-order valence-electron chi connectivity index (χ3n) is 4.73. The number of methoxy groups -OCH3 is 1. The van der Waals surface area contributed by atoms with Gasteiger partial charge in [-0.2, -0.15) is 0 Å². The van der Waals surface area contributed by atoms with Crippen molar-refractivity contribution in [3.63, 3.8) is 0 Å². The van der Waals surface area contributed by atoms with Crippen LogP contribution in [0.25, 0.3) is 0 Å². The summed E-state index contributed by atoms with van der Waals surface area (Å²) in [5.74, 6) is 0.592. The number of carbonyl (C=O) groups excluding carboxylic acids is 2. The first-order valence-electron chi connectivity index (χ1n) is 9.70. The van der Waals surface area contributed by atoms with E-state index in [1.54, 1.807) is 18.9 Å². The normalized spacial score (nSPS) is 11.6. The lowest BCUT2D eigenvalue weighted by molar-refractivity contribution is -0.140. The second kappa shape index (κ2) is 10.5. The molecule has 0 saturated carbocycles. The fourth-order valence-corrected chi connectivity index (χ4v) is 2.91. The highest BCUT2D eigenvalue weighted by atomic mass is 16.5. The number of ether oxygens (including phenoxy) is 1. The molecule has 5 nitrogen and oxygen atoms in total. The molecule has 0 aliphatic heterocycles. The topological polar surface area (TPSA) is 58.6 Å². The van der Waals surface area contributed by atoms with Gasteiger partial charge in [0.15, 0.2) is 0 Å². The quantitative estimate of drug-likeness (QED) is 0.717. The minimum atomic E-state index is -0.549. The molecule has 0 bridgehead atoms. The highest BCUT2D eigenvalue weighted by Crippen LogP contribution is 2.16. The zero-order valence-corrected chi connectivity index (χ0v) is 17.2. The van der Waals surface area contributed by atoms with Gasteiger partial charge in [0, 0.05) is 19.5 Å². The maximum atomic E-state index is 12.7. The predicted octanol–water partition coefficient (Wildman–Crippen LogP) is 3.84. The molecule has 28 heavy (non-hydrogen) atoms. The average Bonchev–Trinajstić information content (AvgIpc) is 2.71. The van der Waals surface area contributed by atoms with Crippen molar-refractivity contribution in [2.75, 3.05) is 7.11 Å². The molecular formula is C23H30N2O3. The fraction of sp³-hybridized carbons (Fsp3) is 0.391. The van der Waals surface area contributed by atoms with Gasteiger partial charge in [0.05, 0.1) is 7.11 Å². The lowest BCUT2D eigenvalue weighted by Gasteiger charge is -2.29. The van der Waals surface area contributed by atoms with Gasteiger partial charge in [-0.05, 0) is 43.5 Å². The van der Waals surface area contributed by atoms with E-state index < -0.39 is 6.04 Å². The molecule has 0 aromatic heterocycles. The summed E-state index contributed by atoms with van der Waals surface area (Å²) in [5.41, 5.74) is 3.18. The number of carbonyl (C=O) groups is 2. The van der Waals surface area contributed by atoms with Crippen LogP contribution in [0.4, 0.5) is 0 Å². The van der Waals surface area contributed by atoms with Crippen molar-refractivity contribution in [2.24, 2.45) is 0 Å². The van der Waals surface area contributed by atoms with Crippen LogP contribution in [0.2, 0.25) is 0 Å². The zero-order valence-electron chi connectivity index (χ0n) is 17.2. The zero-order chi connectivity index (χ0) is 20.5. The predicted molar refractivity (Wildman–Crippen MR) is 111 cm³/mol. The van der Waals surface area contributed by atoms with E-state index in [9.17, 15) is 9.59 Å². The van der Waals surface area contributed by atoms with Crippen LogP contribution < -0.4 is 10.1 Å². The van der Waals surface area contributed by atoms with Gasteiger partial charge < -0.3 is 15.0 Å². The summed E-state index contributed by atoms with van der Waals surface area (Å²) in [5, 5.41) is 2.95. The van der Waals surface area contributed by atoms with Crippen molar-refractivity contribution in [2.45, 2.75) is 52.7 Å². The molecule has 1 N–H and O–H groups in total. The summed E-state index contributed by atoms with van der Waals surface area (Å²) >= 11 is 0. The standard InChI is InChI=1S/C23H30N2O3/c1-5-6-22(26)25(16-20-11-13-21(28-4)14-12-20)18(3)23(27)24-15-19-9-7-17(2)8-10-19/h7-14,18H,5-6,15-16H2,1-4H3,(H,24,27)/t18-/m0/s1. The van der Waals surface area contributed by atoms with E-state index in [1.807, 2.05) is 62.4 Å². The van der Waals surface area contributed by atoms with E-state index in [0.29, 0.717) is 19.5 Å². The molecule has 0 heterocycles. The lowest BCUT2D eigenvalue weighted by Crippen LogP contribution is -2.47. The summed E-state index contributed by atoms with van der Waals surface area (Å²) in [6, 6.07) is 15.0. The highest BCUT2D eigenvalue weighted by molar-refractivity contribution is 5.87. The first kappa shape index (κ1) is 21.5.